The van der Waals surface area contributed by atoms with Gasteiger partial charge in [0.2, 0.25) is 0 Å². The van der Waals surface area contributed by atoms with Crippen molar-refractivity contribution in [3.05, 3.63) is 65.7 Å². The first kappa shape index (κ1) is 17.3. The van der Waals surface area contributed by atoms with Gasteiger partial charge >= 0.3 is 6.09 Å². The minimum Gasteiger partial charge on any atom is -0.445 e. The van der Waals surface area contributed by atoms with E-state index in [4.69, 9.17) is 10.5 Å². The average molecular weight is 339 g/mol. The third-order valence-corrected chi connectivity index (χ3v) is 4.50. The molecule has 1 atom stereocenters. The van der Waals surface area contributed by atoms with E-state index in [2.05, 4.69) is 17.0 Å². The maximum atomic E-state index is 12.2. The highest BCUT2D eigenvalue weighted by Gasteiger charge is 2.22. The van der Waals surface area contributed by atoms with Crippen LogP contribution >= 0.6 is 0 Å². The van der Waals surface area contributed by atoms with Crippen LogP contribution < -0.4 is 10.6 Å². The topological polar surface area (TPSA) is 58.8 Å². The number of ether oxygens (including phenoxy) is 1. The largest absolute Gasteiger partial charge is 0.445 e. The summed E-state index contributed by atoms with van der Waals surface area (Å²) < 4.78 is 5.41. The van der Waals surface area contributed by atoms with Gasteiger partial charge in [-0.05, 0) is 30.2 Å². The third-order valence-electron chi connectivity index (χ3n) is 4.50. The minimum absolute atomic E-state index is 0.0224. The number of hydrogen-bond donors (Lipinski definition) is 1. The molecule has 5 heteroatoms. The number of carbonyl (C=O) groups is 1. The van der Waals surface area contributed by atoms with Gasteiger partial charge in [-0.2, -0.15) is 0 Å². The number of carbonyl (C=O) groups excluding carboxylic acids is 1. The number of hydrogen-bond acceptors (Lipinski definition) is 4. The van der Waals surface area contributed by atoms with Crippen LogP contribution in [0, 0.1) is 0 Å². The van der Waals surface area contributed by atoms with Crippen molar-refractivity contribution in [3.63, 3.8) is 0 Å². The van der Waals surface area contributed by atoms with Crippen LogP contribution in [0.2, 0.25) is 0 Å². The van der Waals surface area contributed by atoms with Crippen molar-refractivity contribution in [3.8, 4) is 0 Å². The summed E-state index contributed by atoms with van der Waals surface area (Å²) in [5, 5.41) is 0. The number of rotatable bonds is 4. The molecule has 1 heterocycles. The van der Waals surface area contributed by atoms with Crippen LogP contribution in [-0.2, 0) is 11.3 Å². The summed E-state index contributed by atoms with van der Waals surface area (Å²) >= 11 is 0. The summed E-state index contributed by atoms with van der Waals surface area (Å²) in [6.07, 6.45) is -0.243. The number of amides is 1. The fraction of sp³-hybridized carbons (Fsp3) is 0.350. The van der Waals surface area contributed by atoms with Gasteiger partial charge in [-0.15, -0.1) is 0 Å². The van der Waals surface area contributed by atoms with Gasteiger partial charge in [0.15, 0.2) is 0 Å². The highest BCUT2D eigenvalue weighted by molar-refractivity contribution is 5.68. The summed E-state index contributed by atoms with van der Waals surface area (Å²) in [7, 11) is 0. The van der Waals surface area contributed by atoms with Crippen LogP contribution in [0.5, 0.6) is 0 Å². The lowest BCUT2D eigenvalue weighted by Crippen LogP contribution is -2.49. The van der Waals surface area contributed by atoms with Crippen LogP contribution in [0.3, 0.4) is 0 Å². The molecule has 0 saturated carbocycles. The standard InChI is InChI=1S/C20H25N3O2/c1-16(21)18-8-5-9-19(14-18)22-10-12-23(13-11-22)20(24)25-15-17-6-3-2-4-7-17/h2-9,14,16H,10-13,15,21H2,1H3/t16-/m0/s1. The summed E-state index contributed by atoms with van der Waals surface area (Å²) in [4.78, 5) is 16.3. The molecule has 0 radical (unpaired) electrons. The zero-order valence-electron chi connectivity index (χ0n) is 14.6. The average Bonchev–Trinajstić information content (AvgIpc) is 2.67. The van der Waals surface area contributed by atoms with E-state index in [1.54, 1.807) is 4.90 Å². The fourth-order valence-electron chi connectivity index (χ4n) is 2.96. The summed E-state index contributed by atoms with van der Waals surface area (Å²) in [5.74, 6) is 0. The molecule has 1 aliphatic heterocycles. The zero-order valence-corrected chi connectivity index (χ0v) is 14.6. The molecular formula is C20H25N3O2. The zero-order chi connectivity index (χ0) is 17.6. The van der Waals surface area contributed by atoms with Crippen molar-refractivity contribution in [1.29, 1.82) is 0 Å². The van der Waals surface area contributed by atoms with Gasteiger partial charge in [0.25, 0.3) is 0 Å². The van der Waals surface area contributed by atoms with E-state index in [1.165, 1.54) is 0 Å². The molecule has 5 nitrogen and oxygen atoms in total. The van der Waals surface area contributed by atoms with Crippen molar-refractivity contribution < 1.29 is 9.53 Å². The fourth-order valence-corrected chi connectivity index (χ4v) is 2.96. The Kier molecular flexibility index (Phi) is 5.56. The first-order chi connectivity index (χ1) is 12.1. The van der Waals surface area contributed by atoms with E-state index in [-0.39, 0.29) is 12.1 Å². The van der Waals surface area contributed by atoms with Crippen molar-refractivity contribution in [2.75, 3.05) is 31.1 Å². The van der Waals surface area contributed by atoms with Gasteiger partial charge in [-0.25, -0.2) is 4.79 Å². The first-order valence-electron chi connectivity index (χ1n) is 8.69. The molecule has 3 rings (SSSR count). The number of piperazine rings is 1. The maximum absolute atomic E-state index is 12.2. The minimum atomic E-state index is -0.243. The van der Waals surface area contributed by atoms with Gasteiger partial charge in [0.1, 0.15) is 6.61 Å². The lowest BCUT2D eigenvalue weighted by Gasteiger charge is -2.35. The molecule has 0 bridgehead atoms. The highest BCUT2D eigenvalue weighted by Crippen LogP contribution is 2.21. The van der Waals surface area contributed by atoms with Gasteiger partial charge in [-0.3, -0.25) is 0 Å². The summed E-state index contributed by atoms with van der Waals surface area (Å²) in [6.45, 7) is 5.22. The Bertz CT molecular complexity index is 695. The number of nitrogens with two attached hydrogens (primary N) is 1. The van der Waals surface area contributed by atoms with Gasteiger partial charge in [0, 0.05) is 37.9 Å². The van der Waals surface area contributed by atoms with E-state index in [0.717, 1.165) is 29.9 Å². The molecule has 0 spiro atoms. The lowest BCUT2D eigenvalue weighted by atomic mass is 10.1. The predicted octanol–water partition coefficient (Wildman–Crippen LogP) is 3.17. The van der Waals surface area contributed by atoms with Crippen molar-refractivity contribution in [1.82, 2.24) is 4.90 Å². The second-order valence-corrected chi connectivity index (χ2v) is 6.40. The van der Waals surface area contributed by atoms with E-state index in [1.807, 2.05) is 49.4 Å². The molecule has 0 aromatic heterocycles. The second-order valence-electron chi connectivity index (χ2n) is 6.40. The monoisotopic (exact) mass is 339 g/mol. The summed E-state index contributed by atoms with van der Waals surface area (Å²) in [6, 6.07) is 18.1. The molecule has 2 aromatic carbocycles. The second kappa shape index (κ2) is 8.03. The molecule has 0 unspecified atom stereocenters. The quantitative estimate of drug-likeness (QED) is 0.929. The lowest BCUT2D eigenvalue weighted by molar-refractivity contribution is 0.0942. The van der Waals surface area contributed by atoms with E-state index in [0.29, 0.717) is 19.7 Å². The number of benzene rings is 2. The smallest absolute Gasteiger partial charge is 0.410 e. The molecular weight excluding hydrogens is 314 g/mol. The molecule has 2 N–H and O–H groups in total. The molecule has 1 saturated heterocycles. The third kappa shape index (κ3) is 4.51. The van der Waals surface area contributed by atoms with E-state index in [9.17, 15) is 4.79 Å². The van der Waals surface area contributed by atoms with Gasteiger partial charge < -0.3 is 20.3 Å². The molecule has 2 aromatic rings. The number of nitrogens with zero attached hydrogens (tertiary/aromatic N) is 2. The molecule has 1 fully saturated rings. The Morgan fingerprint density at radius 3 is 2.48 bits per heavy atom. The Morgan fingerprint density at radius 1 is 1.08 bits per heavy atom. The Labute approximate surface area is 149 Å². The Hall–Kier alpha value is -2.53. The van der Waals surface area contributed by atoms with E-state index < -0.39 is 0 Å². The van der Waals surface area contributed by atoms with E-state index >= 15 is 0 Å². The molecule has 1 amide bonds. The summed E-state index contributed by atoms with van der Waals surface area (Å²) in [5.41, 5.74) is 9.26. The normalized spacial score (nSPS) is 15.8. The highest BCUT2D eigenvalue weighted by atomic mass is 16.6. The Morgan fingerprint density at radius 2 is 1.80 bits per heavy atom. The van der Waals surface area contributed by atoms with Gasteiger partial charge in [-0.1, -0.05) is 42.5 Å². The van der Waals surface area contributed by atoms with Crippen molar-refractivity contribution in [2.24, 2.45) is 5.73 Å². The SMILES string of the molecule is C[C@H](N)c1cccc(N2CCN(C(=O)OCc3ccccc3)CC2)c1. The van der Waals surface area contributed by atoms with Crippen LogP contribution in [0.4, 0.5) is 10.5 Å². The Balaban J connectivity index is 1.51. The van der Waals surface area contributed by atoms with Crippen LogP contribution in [0.1, 0.15) is 24.1 Å². The molecule has 132 valence electrons. The van der Waals surface area contributed by atoms with Crippen molar-refractivity contribution >= 4 is 11.8 Å². The maximum Gasteiger partial charge on any atom is 0.410 e. The van der Waals surface area contributed by atoms with Gasteiger partial charge in [0.05, 0.1) is 0 Å². The van der Waals surface area contributed by atoms with Crippen molar-refractivity contribution in [2.45, 2.75) is 19.6 Å². The molecule has 0 aliphatic carbocycles. The molecule has 25 heavy (non-hydrogen) atoms. The molecule has 1 aliphatic rings. The van der Waals surface area contributed by atoms with Crippen LogP contribution in [-0.4, -0.2) is 37.2 Å². The number of anilines is 1. The van der Waals surface area contributed by atoms with Crippen LogP contribution in [0.25, 0.3) is 0 Å². The first-order valence-corrected chi connectivity index (χ1v) is 8.69. The predicted molar refractivity (Wildman–Crippen MR) is 99.5 cm³/mol. The van der Waals surface area contributed by atoms with Crippen LogP contribution in [0.15, 0.2) is 54.6 Å².